The van der Waals surface area contributed by atoms with Crippen LogP contribution in [-0.4, -0.2) is 20.6 Å². The normalized spacial score (nSPS) is 10.4. The summed E-state index contributed by atoms with van der Waals surface area (Å²) in [6, 6.07) is 16.6. The van der Waals surface area contributed by atoms with Crippen LogP contribution in [0.25, 0.3) is 16.9 Å². The molecule has 6 nitrogen and oxygen atoms in total. The minimum Gasteiger partial charge on any atom is -0.478 e. The third-order valence-electron chi connectivity index (χ3n) is 3.50. The van der Waals surface area contributed by atoms with Gasteiger partial charge in [0.1, 0.15) is 5.69 Å². The van der Waals surface area contributed by atoms with E-state index in [1.165, 1.54) is 22.9 Å². The summed E-state index contributed by atoms with van der Waals surface area (Å²) < 4.78 is 1.54. The standard InChI is InChI=1S/C17H12N2O4/c20-17(21)13-10-11-18(16(13)12-6-2-1-3-7-12)14-8-4-5-9-15(14)19(22)23/h1-11H,(H,20,21). The Morgan fingerprint density at radius 2 is 1.65 bits per heavy atom. The second kappa shape index (κ2) is 5.76. The Bertz CT molecular complexity index is 885. The van der Waals surface area contributed by atoms with Gasteiger partial charge in [-0.15, -0.1) is 0 Å². The lowest BCUT2D eigenvalue weighted by Gasteiger charge is -2.11. The Morgan fingerprint density at radius 3 is 2.30 bits per heavy atom. The Labute approximate surface area is 131 Å². The van der Waals surface area contributed by atoms with Gasteiger partial charge in [-0.3, -0.25) is 10.1 Å². The number of aromatic carboxylic acids is 1. The molecule has 0 aliphatic heterocycles. The van der Waals surface area contributed by atoms with E-state index in [0.717, 1.165) is 0 Å². The molecule has 0 spiro atoms. The minimum atomic E-state index is -1.08. The van der Waals surface area contributed by atoms with E-state index in [4.69, 9.17) is 0 Å². The zero-order valence-corrected chi connectivity index (χ0v) is 11.9. The average molecular weight is 308 g/mol. The number of rotatable bonds is 4. The molecule has 23 heavy (non-hydrogen) atoms. The summed E-state index contributed by atoms with van der Waals surface area (Å²) in [5.74, 6) is -1.08. The Hall–Kier alpha value is -3.41. The fraction of sp³-hybridized carbons (Fsp3) is 0. The lowest BCUT2D eigenvalue weighted by Crippen LogP contribution is -2.04. The monoisotopic (exact) mass is 308 g/mol. The Balaban J connectivity index is 2.30. The molecule has 0 amide bonds. The van der Waals surface area contributed by atoms with Gasteiger partial charge >= 0.3 is 5.97 Å². The van der Waals surface area contributed by atoms with Gasteiger partial charge in [-0.25, -0.2) is 4.79 Å². The van der Waals surface area contributed by atoms with Crippen LogP contribution < -0.4 is 0 Å². The number of nitrogens with zero attached hydrogens (tertiary/aromatic N) is 2. The molecule has 0 aliphatic rings. The Kier molecular flexibility index (Phi) is 3.64. The third-order valence-corrected chi connectivity index (χ3v) is 3.50. The SMILES string of the molecule is O=C(O)c1ccn(-c2ccccc2[N+](=O)[O-])c1-c1ccccc1. The van der Waals surface area contributed by atoms with Crippen LogP contribution in [-0.2, 0) is 0 Å². The number of carboxylic acid groups (broad SMARTS) is 1. The van der Waals surface area contributed by atoms with E-state index in [2.05, 4.69) is 0 Å². The van der Waals surface area contributed by atoms with E-state index >= 15 is 0 Å². The van der Waals surface area contributed by atoms with Crippen LogP contribution in [0, 0.1) is 10.1 Å². The van der Waals surface area contributed by atoms with Gasteiger partial charge < -0.3 is 9.67 Å². The summed E-state index contributed by atoms with van der Waals surface area (Å²) >= 11 is 0. The summed E-state index contributed by atoms with van der Waals surface area (Å²) in [5.41, 5.74) is 1.41. The van der Waals surface area contributed by atoms with Crippen LogP contribution in [0.15, 0.2) is 66.9 Å². The van der Waals surface area contributed by atoms with Crippen molar-refractivity contribution in [3.05, 3.63) is 82.5 Å². The van der Waals surface area contributed by atoms with Crippen LogP contribution >= 0.6 is 0 Å². The second-order valence-corrected chi connectivity index (χ2v) is 4.87. The van der Waals surface area contributed by atoms with E-state index < -0.39 is 10.9 Å². The van der Waals surface area contributed by atoms with Gasteiger partial charge in [0.05, 0.1) is 16.2 Å². The van der Waals surface area contributed by atoms with E-state index in [1.807, 2.05) is 6.07 Å². The zero-order valence-electron chi connectivity index (χ0n) is 11.9. The van der Waals surface area contributed by atoms with Crippen LogP contribution in [0.3, 0.4) is 0 Å². The molecule has 2 aromatic carbocycles. The lowest BCUT2D eigenvalue weighted by atomic mass is 10.1. The van der Waals surface area contributed by atoms with Crippen molar-refractivity contribution >= 4 is 11.7 Å². The maximum Gasteiger partial charge on any atom is 0.337 e. The van der Waals surface area contributed by atoms with Gasteiger partial charge in [-0.1, -0.05) is 42.5 Å². The first kappa shape index (κ1) is 14.5. The van der Waals surface area contributed by atoms with Crippen molar-refractivity contribution in [3.8, 4) is 16.9 Å². The fourth-order valence-corrected chi connectivity index (χ4v) is 2.52. The van der Waals surface area contributed by atoms with Gasteiger partial charge in [-0.05, 0) is 17.7 Å². The molecule has 0 aliphatic carbocycles. The number of carboxylic acids is 1. The smallest absolute Gasteiger partial charge is 0.337 e. The van der Waals surface area contributed by atoms with E-state index in [1.54, 1.807) is 42.5 Å². The molecule has 0 unspecified atom stereocenters. The molecule has 6 heteroatoms. The molecule has 1 heterocycles. The molecule has 1 N–H and O–H groups in total. The highest BCUT2D eigenvalue weighted by molar-refractivity contribution is 5.96. The van der Waals surface area contributed by atoms with Crippen LogP contribution in [0.2, 0.25) is 0 Å². The van der Waals surface area contributed by atoms with Gasteiger partial charge in [0.2, 0.25) is 0 Å². The average Bonchev–Trinajstić information content (AvgIpc) is 3.00. The summed E-state index contributed by atoms with van der Waals surface area (Å²) in [4.78, 5) is 22.3. The quantitative estimate of drug-likeness (QED) is 0.587. The fourth-order valence-electron chi connectivity index (χ4n) is 2.52. The number of carbonyl (C=O) groups is 1. The number of aromatic nitrogens is 1. The van der Waals surface area contributed by atoms with Crippen LogP contribution in [0.5, 0.6) is 0 Å². The molecular weight excluding hydrogens is 296 g/mol. The number of nitro benzene ring substituents is 1. The highest BCUT2D eigenvalue weighted by Crippen LogP contribution is 2.32. The molecule has 3 aromatic rings. The molecule has 3 rings (SSSR count). The van der Waals surface area contributed by atoms with Crippen molar-refractivity contribution < 1.29 is 14.8 Å². The summed E-state index contributed by atoms with van der Waals surface area (Å²) in [5, 5.41) is 20.7. The number of para-hydroxylation sites is 2. The topological polar surface area (TPSA) is 85.4 Å². The van der Waals surface area contributed by atoms with Crippen molar-refractivity contribution in [3.63, 3.8) is 0 Å². The first-order valence-corrected chi connectivity index (χ1v) is 6.83. The predicted octanol–water partition coefficient (Wildman–Crippen LogP) is 3.75. The largest absolute Gasteiger partial charge is 0.478 e. The molecule has 1 aromatic heterocycles. The van der Waals surface area contributed by atoms with Crippen molar-refractivity contribution in [2.75, 3.05) is 0 Å². The number of hydrogen-bond donors (Lipinski definition) is 1. The number of benzene rings is 2. The summed E-state index contributed by atoms with van der Waals surface area (Å²) in [7, 11) is 0. The number of nitro groups is 1. The van der Waals surface area contributed by atoms with Crippen molar-refractivity contribution in [1.29, 1.82) is 0 Å². The molecule has 114 valence electrons. The second-order valence-electron chi connectivity index (χ2n) is 4.87. The number of hydrogen-bond acceptors (Lipinski definition) is 3. The molecule has 0 saturated heterocycles. The van der Waals surface area contributed by atoms with Crippen molar-refractivity contribution in [2.24, 2.45) is 0 Å². The maximum absolute atomic E-state index is 11.5. The van der Waals surface area contributed by atoms with Crippen molar-refractivity contribution in [2.45, 2.75) is 0 Å². The first-order valence-electron chi connectivity index (χ1n) is 6.83. The van der Waals surface area contributed by atoms with E-state index in [9.17, 15) is 20.0 Å². The summed E-state index contributed by atoms with van der Waals surface area (Å²) in [6.07, 6.45) is 1.54. The maximum atomic E-state index is 11.5. The van der Waals surface area contributed by atoms with E-state index in [-0.39, 0.29) is 11.3 Å². The lowest BCUT2D eigenvalue weighted by molar-refractivity contribution is -0.384. The van der Waals surface area contributed by atoms with Crippen LogP contribution in [0.4, 0.5) is 5.69 Å². The molecule has 0 atom stereocenters. The Morgan fingerprint density at radius 1 is 1.00 bits per heavy atom. The third kappa shape index (κ3) is 2.57. The molecule has 0 bridgehead atoms. The van der Waals surface area contributed by atoms with Gasteiger partial charge in [0, 0.05) is 12.3 Å². The zero-order chi connectivity index (χ0) is 16.4. The van der Waals surface area contributed by atoms with Gasteiger partial charge in [0.25, 0.3) is 5.69 Å². The molecule has 0 radical (unpaired) electrons. The highest BCUT2D eigenvalue weighted by atomic mass is 16.6. The van der Waals surface area contributed by atoms with E-state index in [0.29, 0.717) is 16.9 Å². The molecule has 0 fully saturated rings. The molecular formula is C17H12N2O4. The van der Waals surface area contributed by atoms with Crippen LogP contribution in [0.1, 0.15) is 10.4 Å². The predicted molar refractivity (Wildman–Crippen MR) is 84.8 cm³/mol. The van der Waals surface area contributed by atoms with Crippen molar-refractivity contribution in [1.82, 2.24) is 4.57 Å². The minimum absolute atomic E-state index is 0.0859. The summed E-state index contributed by atoms with van der Waals surface area (Å²) in [6.45, 7) is 0. The van der Waals surface area contributed by atoms with Gasteiger partial charge in [0.15, 0.2) is 0 Å². The highest BCUT2D eigenvalue weighted by Gasteiger charge is 2.22. The molecule has 0 saturated carbocycles. The first-order chi connectivity index (χ1) is 11.1. The van der Waals surface area contributed by atoms with Gasteiger partial charge in [-0.2, -0.15) is 0 Å².